The number of H-pyrrole nitrogens is 1. The van der Waals surface area contributed by atoms with E-state index in [-0.39, 0.29) is 57.3 Å². The van der Waals surface area contributed by atoms with Crippen LogP contribution in [0, 0.1) is 6.92 Å². The lowest BCUT2D eigenvalue weighted by atomic mass is 10.0. The number of hydrogen-bond acceptors (Lipinski definition) is 18. The van der Waals surface area contributed by atoms with E-state index in [9.17, 15) is 33.9 Å². The second-order valence-electron chi connectivity index (χ2n) is 19.6. The molecule has 2 fully saturated rings. The normalized spacial score (nSPS) is 20.9. The number of ether oxygens (including phenoxy) is 5. The van der Waals surface area contributed by atoms with Crippen LogP contribution in [-0.2, 0) is 48.0 Å². The molecule has 4 N–H and O–H groups in total. The molecule has 0 saturated carbocycles. The molecule has 23 nitrogen and oxygen atoms in total. The summed E-state index contributed by atoms with van der Waals surface area (Å²) >= 11 is 0. The van der Waals surface area contributed by atoms with Crippen LogP contribution in [-0.4, -0.2) is 159 Å². The summed E-state index contributed by atoms with van der Waals surface area (Å²) in [5.41, 5.74) is 11.2. The van der Waals surface area contributed by atoms with Gasteiger partial charge in [0.15, 0.2) is 0 Å². The quantitative estimate of drug-likeness (QED) is 0.0196. The molecule has 3 aliphatic rings. The number of aromatic amines is 1. The van der Waals surface area contributed by atoms with Gasteiger partial charge >= 0.3 is 24.0 Å². The number of pyridine rings is 1. The van der Waals surface area contributed by atoms with Crippen molar-refractivity contribution in [1.82, 2.24) is 39.9 Å². The molecule has 3 amide bonds. The number of piperazine rings is 1. The van der Waals surface area contributed by atoms with Gasteiger partial charge in [-0.25, -0.2) is 19.2 Å². The van der Waals surface area contributed by atoms with E-state index in [2.05, 4.69) is 35.5 Å². The monoisotopic (exact) mass is 1090 g/mol. The average Bonchev–Trinajstić information content (AvgIpc) is 3.94. The summed E-state index contributed by atoms with van der Waals surface area (Å²) in [5.74, 6) is 0.503. The van der Waals surface area contributed by atoms with E-state index >= 15 is 0 Å². The topological polar surface area (TPSA) is 285 Å². The summed E-state index contributed by atoms with van der Waals surface area (Å²) in [6.45, 7) is 9.03. The zero-order chi connectivity index (χ0) is 54.2. The highest BCUT2D eigenvalue weighted by Crippen LogP contribution is 2.32. The molecule has 2 aliphatic heterocycles. The van der Waals surface area contributed by atoms with Gasteiger partial charge in [-0.05, 0) is 61.5 Å². The lowest BCUT2D eigenvalue weighted by Crippen LogP contribution is -2.62. The van der Waals surface area contributed by atoms with Crippen molar-refractivity contribution < 1.29 is 48.0 Å². The molecule has 0 bridgehead atoms. The Bertz CT molecular complexity index is 2760. The van der Waals surface area contributed by atoms with E-state index in [0.717, 1.165) is 22.3 Å². The maximum atomic E-state index is 14.4. The van der Waals surface area contributed by atoms with Crippen LogP contribution in [0.15, 0.2) is 100 Å². The van der Waals surface area contributed by atoms with Crippen LogP contribution >= 0.6 is 21.6 Å². The Balaban J connectivity index is 0.946. The smallest absolute Gasteiger partial charge is 0.433 e. The van der Waals surface area contributed by atoms with Crippen molar-refractivity contribution in [1.29, 1.82) is 0 Å². The number of nitrogens with one attached hydrogen (secondary N) is 3. The second-order valence-corrected chi connectivity index (χ2v) is 22.3. The van der Waals surface area contributed by atoms with Crippen LogP contribution in [0.4, 0.5) is 14.4 Å². The Kier molecular flexibility index (Phi) is 20.6. The Morgan fingerprint density at radius 3 is 2.43 bits per heavy atom. The van der Waals surface area contributed by atoms with Crippen LogP contribution in [0.2, 0.25) is 0 Å². The maximum absolute atomic E-state index is 14.4. The van der Waals surface area contributed by atoms with Gasteiger partial charge in [0, 0.05) is 98.2 Å². The number of nitrogens with zero attached hydrogens (tertiary/aromatic N) is 8. The van der Waals surface area contributed by atoms with E-state index in [1.807, 2.05) is 92.4 Å². The van der Waals surface area contributed by atoms with Crippen LogP contribution in [0.3, 0.4) is 0 Å². The van der Waals surface area contributed by atoms with E-state index in [1.54, 1.807) is 17.3 Å². The number of aryl methyl sites for hydroxylation is 1. The number of azide groups is 1. The van der Waals surface area contributed by atoms with Crippen LogP contribution in [0.25, 0.3) is 10.4 Å². The molecule has 0 radical (unpaired) electrons. The van der Waals surface area contributed by atoms with Gasteiger partial charge in [-0.15, -0.1) is 0 Å². The second kappa shape index (κ2) is 27.4. The number of fused-ring (bicyclic) bond motifs is 1. The summed E-state index contributed by atoms with van der Waals surface area (Å²) in [6.07, 6.45) is -0.168. The number of aliphatic hydroxyl groups is 1. The summed E-state index contributed by atoms with van der Waals surface area (Å²) in [6, 6.07) is 18.3. The van der Waals surface area contributed by atoms with Gasteiger partial charge in [0.2, 0.25) is 5.91 Å². The minimum atomic E-state index is -0.982. The molecule has 4 aromatic rings. The van der Waals surface area contributed by atoms with E-state index in [4.69, 9.17) is 29.2 Å². The highest BCUT2D eigenvalue weighted by atomic mass is 33.1. The first-order chi connectivity index (χ1) is 36.5. The first-order valence-electron chi connectivity index (χ1n) is 24.9. The molecule has 408 valence electrons. The molecule has 0 unspecified atom stereocenters. The minimum Gasteiger partial charge on any atom is -0.433 e. The zero-order valence-corrected chi connectivity index (χ0v) is 44.5. The number of urea groups is 1. The van der Waals surface area contributed by atoms with Crippen molar-refractivity contribution in [3.8, 4) is 0 Å². The molecule has 7 atom stereocenters. The van der Waals surface area contributed by atoms with Gasteiger partial charge in [0.25, 0.3) is 5.56 Å². The van der Waals surface area contributed by atoms with Gasteiger partial charge in [0.05, 0.1) is 24.7 Å². The number of aliphatic hydroxyl groups excluding tert-OH is 1. The van der Waals surface area contributed by atoms with Crippen molar-refractivity contribution >= 4 is 45.8 Å². The highest BCUT2D eigenvalue weighted by molar-refractivity contribution is 8.76. The third-order valence-corrected chi connectivity index (χ3v) is 15.0. The Morgan fingerprint density at radius 1 is 0.987 bits per heavy atom. The number of aromatic nitrogens is 3. The molecule has 7 rings (SSSR count). The Labute approximate surface area is 447 Å². The zero-order valence-electron chi connectivity index (χ0n) is 42.9. The number of benzene rings is 2. The van der Waals surface area contributed by atoms with Crippen LogP contribution in [0.1, 0.15) is 67.3 Å². The summed E-state index contributed by atoms with van der Waals surface area (Å²) in [4.78, 5) is 93.9. The first-order valence-corrected chi connectivity index (χ1v) is 27.4. The van der Waals surface area contributed by atoms with Crippen molar-refractivity contribution in [2.45, 2.75) is 102 Å². The maximum Gasteiger partial charge on any atom is 0.508 e. The third kappa shape index (κ3) is 16.7. The fourth-order valence-electron chi connectivity index (χ4n) is 9.15. The molecule has 2 saturated heterocycles. The molecular weight excluding hydrogens is 1020 g/mol. The Hall–Kier alpha value is -6.60. The third-order valence-electron chi connectivity index (χ3n) is 12.7. The molecule has 76 heavy (non-hydrogen) atoms. The Morgan fingerprint density at radius 2 is 1.71 bits per heavy atom. The summed E-state index contributed by atoms with van der Waals surface area (Å²) in [5, 5.41) is 21.0. The number of amides is 3. The van der Waals surface area contributed by atoms with Crippen molar-refractivity contribution in [3.05, 3.63) is 144 Å². The SMILES string of the molecule is Cc1cn([C@H]2C[C@H](N=[N+]=[N-])[C@@H](COC(=O)OCCSSCCOC(=O)O[C@@H](CN(Cc3ccccc3)C(=O)N[C@H]3c4ccccc4C[C@H]3O)CN3CCN(Cc4cccnc4)C[C@H]3C(=O)NC(C)(C)C)O2)c(=O)[nH]c1=O. The fraction of sp³-hybridized carbons (Fsp3) is 0.510. The van der Waals surface area contributed by atoms with Crippen LogP contribution in [0.5, 0.6) is 0 Å². The average molecular weight is 1090 g/mol. The van der Waals surface area contributed by atoms with Crippen molar-refractivity contribution in [2.24, 2.45) is 5.11 Å². The van der Waals surface area contributed by atoms with Gasteiger partial charge in [-0.3, -0.25) is 33.9 Å². The number of carbonyl (C=O) groups is 4. The van der Waals surface area contributed by atoms with Crippen LogP contribution < -0.4 is 21.9 Å². The minimum absolute atomic E-state index is 0.0210. The predicted molar refractivity (Wildman–Crippen MR) is 283 cm³/mol. The van der Waals surface area contributed by atoms with Gasteiger partial charge in [-0.2, -0.15) is 0 Å². The largest absolute Gasteiger partial charge is 0.508 e. The van der Waals surface area contributed by atoms with E-state index in [1.165, 1.54) is 39.3 Å². The van der Waals surface area contributed by atoms with E-state index in [0.29, 0.717) is 44.1 Å². The molecule has 2 aromatic carbocycles. The molecular formula is C51H65N11O12S2. The van der Waals surface area contributed by atoms with Gasteiger partial charge < -0.3 is 44.3 Å². The molecule has 1 aliphatic carbocycles. The lowest BCUT2D eigenvalue weighted by molar-refractivity contribution is -0.131. The number of rotatable bonds is 22. The standard InChI is InChI=1S/C51H65N11O12S2/c1-33-26-62(48(67)55-45(33)64)43-24-39(57-58-52)42(74-43)32-72-49(68)70-19-21-75-76-22-20-71-50(69)73-37(29-60-18-17-59(27-35-13-10-16-53-25-35)31-40(60)46(65)56-51(2,3)4)30-61(28-34-11-6-5-7-12-34)47(66)54-44-38-15-9-8-14-36(38)23-41(44)63/h5-16,25-26,37,39-44,63H,17-24,27-32H2,1-4H3,(H,54,66)(H,56,65)(H,55,64,67)/t37-,39+,40+,41-,42-,43-,44+/m1/s1. The van der Waals surface area contributed by atoms with Crippen molar-refractivity contribution in [3.63, 3.8) is 0 Å². The first kappa shape index (κ1) is 57.1. The fourth-order valence-corrected chi connectivity index (χ4v) is 10.8. The molecule has 2 aromatic heterocycles. The molecule has 25 heteroatoms. The molecule has 4 heterocycles. The summed E-state index contributed by atoms with van der Waals surface area (Å²) in [7, 11) is 2.72. The number of carbonyl (C=O) groups excluding carboxylic acids is 4. The van der Waals surface area contributed by atoms with Gasteiger partial charge in [-0.1, -0.05) is 87.4 Å². The lowest BCUT2D eigenvalue weighted by Gasteiger charge is -2.43. The highest BCUT2D eigenvalue weighted by Gasteiger charge is 2.39. The molecule has 0 spiro atoms. The van der Waals surface area contributed by atoms with Gasteiger partial charge in [0.1, 0.15) is 44.3 Å². The predicted octanol–water partition coefficient (Wildman–Crippen LogP) is 5.23. The van der Waals surface area contributed by atoms with E-state index < -0.39 is 77.8 Å². The number of hydrogen-bond donors (Lipinski definition) is 4. The van der Waals surface area contributed by atoms with Crippen molar-refractivity contribution in [2.75, 3.05) is 64.1 Å². The summed E-state index contributed by atoms with van der Waals surface area (Å²) < 4.78 is 29.1.